The molecule has 0 amide bonds. The van der Waals surface area contributed by atoms with Gasteiger partial charge in [-0.15, -0.1) is 0 Å². The zero-order chi connectivity index (χ0) is 13.8. The van der Waals surface area contributed by atoms with Crippen LogP contribution in [0.5, 0.6) is 5.75 Å². The van der Waals surface area contributed by atoms with Crippen molar-refractivity contribution in [1.29, 1.82) is 0 Å². The van der Waals surface area contributed by atoms with E-state index in [1.807, 2.05) is 18.2 Å². The van der Waals surface area contributed by atoms with Gasteiger partial charge in [-0.05, 0) is 25.5 Å². The molecule has 1 aromatic carbocycles. The fourth-order valence-electron chi connectivity index (χ4n) is 2.16. The number of methoxy groups -OCH3 is 1. The van der Waals surface area contributed by atoms with Crippen LogP contribution in [0.15, 0.2) is 23.2 Å². The molecule has 0 aliphatic carbocycles. The zero-order valence-corrected chi connectivity index (χ0v) is 13.0. The SMILES string of the molecule is COc1cccc(Cl)c1CN=C1NC(C)CC(C)S1. The summed E-state index contributed by atoms with van der Waals surface area (Å²) in [6.45, 7) is 4.95. The number of rotatable bonds is 3. The second-order valence-corrected chi connectivity index (χ2v) is 6.59. The number of halogens is 1. The number of aliphatic imine (C=N–C) groups is 1. The molecule has 0 aromatic heterocycles. The number of amidine groups is 1. The zero-order valence-electron chi connectivity index (χ0n) is 11.4. The smallest absolute Gasteiger partial charge is 0.157 e. The van der Waals surface area contributed by atoms with Crippen molar-refractivity contribution in [1.82, 2.24) is 5.32 Å². The Morgan fingerprint density at radius 3 is 2.95 bits per heavy atom. The van der Waals surface area contributed by atoms with Crippen molar-refractivity contribution in [3.63, 3.8) is 0 Å². The number of hydrogen-bond donors (Lipinski definition) is 1. The van der Waals surface area contributed by atoms with Crippen LogP contribution in [0.3, 0.4) is 0 Å². The molecule has 1 aromatic rings. The summed E-state index contributed by atoms with van der Waals surface area (Å²) in [5, 5.41) is 5.70. The highest BCUT2D eigenvalue weighted by Crippen LogP contribution is 2.28. The van der Waals surface area contributed by atoms with Gasteiger partial charge in [-0.1, -0.05) is 36.4 Å². The number of thioether (sulfide) groups is 1. The fraction of sp³-hybridized carbons (Fsp3) is 0.500. The molecule has 5 heteroatoms. The molecule has 2 unspecified atom stereocenters. The summed E-state index contributed by atoms with van der Waals surface area (Å²) in [7, 11) is 1.65. The van der Waals surface area contributed by atoms with Gasteiger partial charge in [0.15, 0.2) is 5.17 Å². The maximum atomic E-state index is 6.21. The van der Waals surface area contributed by atoms with Crippen molar-refractivity contribution in [2.45, 2.75) is 38.1 Å². The van der Waals surface area contributed by atoms with E-state index in [0.29, 0.717) is 22.9 Å². The molecule has 0 bridgehead atoms. The molecule has 0 saturated carbocycles. The van der Waals surface area contributed by atoms with E-state index in [1.54, 1.807) is 18.9 Å². The average Bonchev–Trinajstić information content (AvgIpc) is 2.36. The van der Waals surface area contributed by atoms with Gasteiger partial charge in [0, 0.05) is 21.9 Å². The van der Waals surface area contributed by atoms with Crippen LogP contribution in [0, 0.1) is 0 Å². The number of hydrogen-bond acceptors (Lipinski definition) is 3. The lowest BCUT2D eigenvalue weighted by atomic mass is 10.2. The molecule has 3 nitrogen and oxygen atoms in total. The molecule has 2 atom stereocenters. The summed E-state index contributed by atoms with van der Waals surface area (Å²) in [6.07, 6.45) is 1.17. The number of ether oxygens (including phenoxy) is 1. The van der Waals surface area contributed by atoms with Crippen LogP contribution in [0.2, 0.25) is 5.02 Å². The molecule has 0 radical (unpaired) electrons. The third-order valence-corrected chi connectivity index (χ3v) is 4.46. The third-order valence-electron chi connectivity index (χ3n) is 3.04. The highest BCUT2D eigenvalue weighted by atomic mass is 35.5. The minimum Gasteiger partial charge on any atom is -0.496 e. The Bertz CT molecular complexity index is 467. The van der Waals surface area contributed by atoms with Gasteiger partial charge in [0.2, 0.25) is 0 Å². The van der Waals surface area contributed by atoms with Crippen molar-refractivity contribution in [3.05, 3.63) is 28.8 Å². The summed E-state index contributed by atoms with van der Waals surface area (Å²) in [5.74, 6) is 0.791. The quantitative estimate of drug-likeness (QED) is 0.923. The van der Waals surface area contributed by atoms with Gasteiger partial charge >= 0.3 is 0 Å². The number of nitrogens with one attached hydrogen (secondary N) is 1. The largest absolute Gasteiger partial charge is 0.496 e. The van der Waals surface area contributed by atoms with Gasteiger partial charge in [0.1, 0.15) is 5.75 Å². The van der Waals surface area contributed by atoms with E-state index in [-0.39, 0.29) is 0 Å². The summed E-state index contributed by atoms with van der Waals surface area (Å²) in [6, 6.07) is 6.14. The van der Waals surface area contributed by atoms with E-state index in [1.165, 1.54) is 6.42 Å². The lowest BCUT2D eigenvalue weighted by molar-refractivity contribution is 0.410. The number of nitrogens with zero attached hydrogens (tertiary/aromatic N) is 1. The molecule has 1 aliphatic heterocycles. The molecule has 1 aliphatic rings. The van der Waals surface area contributed by atoms with Crippen LogP contribution >= 0.6 is 23.4 Å². The predicted molar refractivity (Wildman–Crippen MR) is 83.4 cm³/mol. The van der Waals surface area contributed by atoms with Gasteiger partial charge in [-0.25, -0.2) is 0 Å². The molecule has 2 rings (SSSR count). The van der Waals surface area contributed by atoms with Crippen molar-refractivity contribution in [2.24, 2.45) is 4.99 Å². The van der Waals surface area contributed by atoms with E-state index in [9.17, 15) is 0 Å². The summed E-state index contributed by atoms with van der Waals surface area (Å²) in [5.41, 5.74) is 0.937. The minimum atomic E-state index is 0.475. The summed E-state index contributed by atoms with van der Waals surface area (Å²) < 4.78 is 5.33. The second-order valence-electron chi connectivity index (χ2n) is 4.75. The van der Waals surface area contributed by atoms with Crippen LogP contribution in [-0.4, -0.2) is 23.6 Å². The highest BCUT2D eigenvalue weighted by molar-refractivity contribution is 8.14. The standard InChI is InChI=1S/C14H19ClN2OS/c1-9-7-10(2)19-14(17-9)16-8-11-12(15)5-4-6-13(11)18-3/h4-6,9-10H,7-8H2,1-3H3,(H,16,17). The Morgan fingerprint density at radius 2 is 2.26 bits per heavy atom. The van der Waals surface area contributed by atoms with Crippen molar-refractivity contribution >= 4 is 28.5 Å². The van der Waals surface area contributed by atoms with Crippen LogP contribution in [-0.2, 0) is 6.54 Å². The van der Waals surface area contributed by atoms with E-state index >= 15 is 0 Å². The Kier molecular flexibility index (Phi) is 4.99. The molecule has 1 heterocycles. The lowest BCUT2D eigenvalue weighted by Gasteiger charge is -2.27. The van der Waals surface area contributed by atoms with Crippen LogP contribution in [0.4, 0.5) is 0 Å². The number of benzene rings is 1. The van der Waals surface area contributed by atoms with Gasteiger partial charge in [0.25, 0.3) is 0 Å². The van der Waals surface area contributed by atoms with Gasteiger partial charge in [-0.2, -0.15) is 0 Å². The van der Waals surface area contributed by atoms with E-state index in [4.69, 9.17) is 16.3 Å². The van der Waals surface area contributed by atoms with E-state index in [2.05, 4.69) is 24.2 Å². The van der Waals surface area contributed by atoms with Crippen LogP contribution in [0.1, 0.15) is 25.8 Å². The topological polar surface area (TPSA) is 33.6 Å². The Balaban J connectivity index is 2.13. The van der Waals surface area contributed by atoms with E-state index < -0.39 is 0 Å². The van der Waals surface area contributed by atoms with Crippen molar-refractivity contribution in [3.8, 4) is 5.75 Å². The molecule has 0 spiro atoms. The first-order chi connectivity index (χ1) is 9.10. The molecular weight excluding hydrogens is 280 g/mol. The highest BCUT2D eigenvalue weighted by Gasteiger charge is 2.19. The Morgan fingerprint density at radius 1 is 1.47 bits per heavy atom. The third kappa shape index (κ3) is 3.80. The summed E-state index contributed by atoms with van der Waals surface area (Å²) in [4.78, 5) is 4.63. The first-order valence-corrected chi connectivity index (χ1v) is 7.65. The minimum absolute atomic E-state index is 0.475. The summed E-state index contributed by atoms with van der Waals surface area (Å²) >= 11 is 7.99. The van der Waals surface area contributed by atoms with Crippen molar-refractivity contribution in [2.75, 3.05) is 7.11 Å². The first-order valence-electron chi connectivity index (χ1n) is 6.39. The second kappa shape index (κ2) is 6.53. The lowest BCUT2D eigenvalue weighted by Crippen LogP contribution is -2.38. The van der Waals surface area contributed by atoms with Crippen LogP contribution < -0.4 is 10.1 Å². The van der Waals surface area contributed by atoms with Crippen LogP contribution in [0.25, 0.3) is 0 Å². The molecular formula is C14H19ClN2OS. The first kappa shape index (κ1) is 14.5. The Hall–Kier alpha value is -0.870. The van der Waals surface area contributed by atoms with E-state index in [0.717, 1.165) is 16.5 Å². The maximum absolute atomic E-state index is 6.21. The molecule has 104 valence electrons. The molecule has 1 fully saturated rings. The predicted octanol–water partition coefficient (Wildman–Crippen LogP) is 3.71. The average molecular weight is 299 g/mol. The molecule has 19 heavy (non-hydrogen) atoms. The van der Waals surface area contributed by atoms with Gasteiger partial charge in [0.05, 0.1) is 13.7 Å². The molecule has 1 N–H and O–H groups in total. The van der Waals surface area contributed by atoms with Gasteiger partial charge < -0.3 is 10.1 Å². The van der Waals surface area contributed by atoms with Gasteiger partial charge in [-0.3, -0.25) is 4.99 Å². The molecule has 1 saturated heterocycles. The van der Waals surface area contributed by atoms with Crippen molar-refractivity contribution < 1.29 is 4.74 Å². The Labute approximate surface area is 123 Å². The monoisotopic (exact) mass is 298 g/mol. The fourth-order valence-corrected chi connectivity index (χ4v) is 3.56. The maximum Gasteiger partial charge on any atom is 0.157 e. The normalized spacial score (nSPS) is 25.2.